The highest BCUT2D eigenvalue weighted by molar-refractivity contribution is 6.90. The molecule has 1 aliphatic carbocycles. The van der Waals surface area contributed by atoms with Gasteiger partial charge >= 0.3 is 0 Å². The SMILES string of the molecule is CC(C)[Si](C#CCCON=C1CCCC1)(C(C)C)C(C)C. The summed E-state index contributed by atoms with van der Waals surface area (Å²) in [4.78, 5) is 5.41. The molecule has 2 nitrogen and oxygen atoms in total. The Bertz CT molecular complexity index is 371. The van der Waals surface area contributed by atoms with E-state index in [-0.39, 0.29) is 0 Å². The van der Waals surface area contributed by atoms with Gasteiger partial charge in [0.25, 0.3) is 0 Å². The molecule has 120 valence electrons. The van der Waals surface area contributed by atoms with Crippen LogP contribution in [-0.2, 0) is 4.84 Å². The number of oxime groups is 1. The molecule has 0 atom stereocenters. The quantitative estimate of drug-likeness (QED) is 0.273. The summed E-state index contributed by atoms with van der Waals surface area (Å²) >= 11 is 0. The second-order valence-corrected chi connectivity index (χ2v) is 12.7. The summed E-state index contributed by atoms with van der Waals surface area (Å²) < 4.78 is 0. The van der Waals surface area contributed by atoms with Gasteiger partial charge in [0.15, 0.2) is 0 Å². The lowest BCUT2D eigenvalue weighted by atomic mass is 10.3. The first-order valence-corrected chi connectivity index (χ1v) is 10.8. The molecule has 0 heterocycles. The smallest absolute Gasteiger partial charge is 0.145 e. The van der Waals surface area contributed by atoms with Crippen molar-refractivity contribution in [1.29, 1.82) is 0 Å². The minimum absolute atomic E-state index is 0.634. The van der Waals surface area contributed by atoms with Crippen LogP contribution in [0.25, 0.3) is 0 Å². The zero-order valence-electron chi connectivity index (χ0n) is 14.8. The van der Waals surface area contributed by atoms with Crippen LogP contribution in [0.15, 0.2) is 5.16 Å². The van der Waals surface area contributed by atoms with Crippen LogP contribution in [-0.4, -0.2) is 20.4 Å². The maximum Gasteiger partial charge on any atom is 0.145 e. The van der Waals surface area contributed by atoms with Crippen LogP contribution in [0, 0.1) is 11.5 Å². The van der Waals surface area contributed by atoms with Gasteiger partial charge in [0.2, 0.25) is 0 Å². The summed E-state index contributed by atoms with van der Waals surface area (Å²) in [7, 11) is -1.57. The van der Waals surface area contributed by atoms with Crippen molar-refractivity contribution in [3.8, 4) is 11.5 Å². The van der Waals surface area contributed by atoms with Gasteiger partial charge in [0.1, 0.15) is 14.7 Å². The predicted octanol–water partition coefficient (Wildman–Crippen LogP) is 5.54. The van der Waals surface area contributed by atoms with E-state index in [9.17, 15) is 0 Å². The van der Waals surface area contributed by atoms with Crippen molar-refractivity contribution >= 4 is 13.8 Å². The monoisotopic (exact) mass is 307 g/mol. The van der Waals surface area contributed by atoms with E-state index in [1.54, 1.807) is 0 Å². The molecule has 0 bridgehead atoms. The van der Waals surface area contributed by atoms with Crippen molar-refractivity contribution in [2.75, 3.05) is 6.61 Å². The van der Waals surface area contributed by atoms with Crippen LogP contribution in [0.3, 0.4) is 0 Å². The lowest BCUT2D eigenvalue weighted by Gasteiger charge is -2.38. The normalized spacial score (nSPS) is 15.6. The Labute approximate surface area is 132 Å². The molecule has 0 unspecified atom stereocenters. The average Bonchev–Trinajstić information content (AvgIpc) is 2.89. The molecule has 0 N–H and O–H groups in total. The molecular weight excluding hydrogens is 274 g/mol. The summed E-state index contributed by atoms with van der Waals surface area (Å²) in [6.45, 7) is 14.7. The van der Waals surface area contributed by atoms with E-state index >= 15 is 0 Å². The fraction of sp³-hybridized carbons (Fsp3) is 0.833. The summed E-state index contributed by atoms with van der Waals surface area (Å²) in [5, 5.41) is 4.22. The van der Waals surface area contributed by atoms with Crippen LogP contribution in [0.5, 0.6) is 0 Å². The molecule has 3 heteroatoms. The maximum absolute atomic E-state index is 5.41. The Morgan fingerprint density at radius 2 is 1.52 bits per heavy atom. The van der Waals surface area contributed by atoms with Gasteiger partial charge in [-0.2, -0.15) is 0 Å². The molecule has 1 rings (SSSR count). The molecule has 1 aliphatic rings. The summed E-state index contributed by atoms with van der Waals surface area (Å²) in [6, 6.07) is 0. The number of hydrogen-bond donors (Lipinski definition) is 0. The van der Waals surface area contributed by atoms with Crippen molar-refractivity contribution in [3.05, 3.63) is 0 Å². The zero-order valence-corrected chi connectivity index (χ0v) is 15.8. The van der Waals surface area contributed by atoms with Crippen LogP contribution >= 0.6 is 0 Å². The maximum atomic E-state index is 5.41. The second kappa shape index (κ2) is 8.63. The largest absolute Gasteiger partial charge is 0.395 e. The topological polar surface area (TPSA) is 21.6 Å². The lowest BCUT2D eigenvalue weighted by Crippen LogP contribution is -2.43. The van der Waals surface area contributed by atoms with Gasteiger partial charge in [-0.15, -0.1) is 11.5 Å². The minimum atomic E-state index is -1.57. The lowest BCUT2D eigenvalue weighted by molar-refractivity contribution is 0.149. The van der Waals surface area contributed by atoms with E-state index in [1.807, 2.05) is 0 Å². The van der Waals surface area contributed by atoms with Gasteiger partial charge in [-0.1, -0.05) is 46.7 Å². The van der Waals surface area contributed by atoms with Crippen molar-refractivity contribution < 1.29 is 4.84 Å². The van der Waals surface area contributed by atoms with Crippen LogP contribution < -0.4 is 0 Å². The molecule has 0 aliphatic heterocycles. The highest BCUT2D eigenvalue weighted by atomic mass is 28.3. The number of nitrogens with zero attached hydrogens (tertiary/aromatic N) is 1. The predicted molar refractivity (Wildman–Crippen MR) is 95.3 cm³/mol. The number of rotatable bonds is 6. The first-order valence-electron chi connectivity index (χ1n) is 8.59. The van der Waals surface area contributed by atoms with E-state index in [1.165, 1.54) is 18.6 Å². The first kappa shape index (κ1) is 18.3. The molecule has 0 aromatic heterocycles. The van der Waals surface area contributed by atoms with Crippen LogP contribution in [0.1, 0.15) is 73.6 Å². The van der Waals surface area contributed by atoms with E-state index in [4.69, 9.17) is 4.84 Å². The molecule has 0 spiro atoms. The molecule has 0 saturated heterocycles. The van der Waals surface area contributed by atoms with Crippen LogP contribution in [0.2, 0.25) is 16.6 Å². The van der Waals surface area contributed by atoms with Crippen molar-refractivity contribution in [1.82, 2.24) is 0 Å². The first-order chi connectivity index (χ1) is 9.91. The minimum Gasteiger partial charge on any atom is -0.395 e. The third-order valence-electron chi connectivity index (χ3n) is 4.86. The molecule has 0 aromatic rings. The molecule has 0 radical (unpaired) electrons. The van der Waals surface area contributed by atoms with E-state index in [0.717, 1.165) is 19.3 Å². The molecule has 1 saturated carbocycles. The van der Waals surface area contributed by atoms with Crippen LogP contribution in [0.4, 0.5) is 0 Å². The molecule has 1 fully saturated rings. The molecule has 0 aromatic carbocycles. The Hall–Kier alpha value is -0.753. The standard InChI is InChI=1S/C18H33NOSi/c1-15(2)21(16(3)4,17(5)6)14-10-9-13-20-19-18-11-7-8-12-18/h15-17H,7-9,11-13H2,1-6H3. The third kappa shape index (κ3) is 4.88. The fourth-order valence-electron chi connectivity index (χ4n) is 3.76. The van der Waals surface area contributed by atoms with Gasteiger partial charge in [-0.05, 0) is 42.3 Å². The molecular formula is C18H33NOSi. The Morgan fingerprint density at radius 3 is 2.00 bits per heavy atom. The summed E-state index contributed by atoms with van der Waals surface area (Å²) in [5.41, 5.74) is 7.05. The van der Waals surface area contributed by atoms with Gasteiger partial charge in [-0.3, -0.25) is 0 Å². The third-order valence-corrected chi connectivity index (χ3v) is 11.2. The van der Waals surface area contributed by atoms with Gasteiger partial charge in [0, 0.05) is 6.42 Å². The molecule has 0 amide bonds. The Kier molecular flexibility index (Phi) is 7.52. The molecule has 21 heavy (non-hydrogen) atoms. The van der Waals surface area contributed by atoms with E-state index in [2.05, 4.69) is 58.2 Å². The Morgan fingerprint density at radius 1 is 1.00 bits per heavy atom. The second-order valence-electron chi connectivity index (χ2n) is 7.15. The van der Waals surface area contributed by atoms with E-state index in [0.29, 0.717) is 23.2 Å². The van der Waals surface area contributed by atoms with Crippen molar-refractivity contribution in [3.63, 3.8) is 0 Å². The summed E-state index contributed by atoms with van der Waals surface area (Å²) in [5.74, 6) is 3.41. The Balaban J connectivity index is 2.54. The fourth-order valence-corrected chi connectivity index (χ4v) is 9.05. The van der Waals surface area contributed by atoms with Gasteiger partial charge < -0.3 is 4.84 Å². The van der Waals surface area contributed by atoms with E-state index < -0.39 is 8.07 Å². The van der Waals surface area contributed by atoms with Crippen molar-refractivity contribution in [2.24, 2.45) is 5.16 Å². The summed E-state index contributed by atoms with van der Waals surface area (Å²) in [6.07, 6.45) is 5.59. The highest BCUT2D eigenvalue weighted by Gasteiger charge is 2.41. The number of hydrogen-bond acceptors (Lipinski definition) is 2. The van der Waals surface area contributed by atoms with Gasteiger partial charge in [0.05, 0.1) is 5.71 Å². The van der Waals surface area contributed by atoms with Crippen molar-refractivity contribution in [2.45, 2.75) is 90.3 Å². The zero-order chi connectivity index (χ0) is 15.9. The van der Waals surface area contributed by atoms with Gasteiger partial charge in [-0.25, -0.2) is 0 Å². The highest BCUT2D eigenvalue weighted by Crippen LogP contribution is 2.40. The average molecular weight is 308 g/mol.